The molecule has 3 aliphatic heterocycles. The fourth-order valence-corrected chi connectivity index (χ4v) is 4.74. The van der Waals surface area contributed by atoms with Crippen LogP contribution in [0.15, 0.2) is 36.7 Å². The minimum absolute atomic E-state index is 0. The fourth-order valence-electron chi connectivity index (χ4n) is 4.74. The molecule has 0 atom stereocenters. The summed E-state index contributed by atoms with van der Waals surface area (Å²) in [4.78, 5) is 19.4. The Bertz CT molecular complexity index is 940. The van der Waals surface area contributed by atoms with E-state index in [1.165, 1.54) is 5.56 Å². The van der Waals surface area contributed by atoms with Gasteiger partial charge in [-0.2, -0.15) is 4.98 Å². The molecule has 0 aromatic heterocycles. The zero-order chi connectivity index (χ0) is 21.0. The molecule has 1 saturated carbocycles. The number of halogens is 3. The maximum Gasteiger partial charge on any atom is 0.204 e. The number of aromatic nitrogens is 4. The van der Waals surface area contributed by atoms with Crippen LogP contribution in [-0.4, -0.2) is 56.1 Å². The van der Waals surface area contributed by atoms with E-state index in [0.29, 0.717) is 23.9 Å². The largest absolute Gasteiger partial charge is 0.367 e. The van der Waals surface area contributed by atoms with Gasteiger partial charge in [-0.05, 0) is 44.1 Å². The first kappa shape index (κ1) is 28.4. The Balaban J connectivity index is 0.00000136. The van der Waals surface area contributed by atoms with Gasteiger partial charge in [-0.15, -0.1) is 37.2 Å². The summed E-state index contributed by atoms with van der Waals surface area (Å²) in [6, 6.07) is 11.9. The molecule has 0 unspecified atom stereocenters. The van der Waals surface area contributed by atoms with Crippen molar-refractivity contribution >= 4 is 49.0 Å². The van der Waals surface area contributed by atoms with Gasteiger partial charge in [-0.3, -0.25) is 4.90 Å². The van der Waals surface area contributed by atoms with Crippen molar-refractivity contribution in [1.29, 1.82) is 0 Å². The van der Waals surface area contributed by atoms with Crippen molar-refractivity contribution in [2.75, 3.05) is 23.7 Å². The second kappa shape index (κ2) is 13.3. The summed E-state index contributed by atoms with van der Waals surface area (Å²) < 4.78 is 0. The molecular weight excluding hydrogens is 495 g/mol. The number of anilines is 2. The van der Waals surface area contributed by atoms with Gasteiger partial charge in [0.15, 0.2) is 5.82 Å². The first-order valence-electron chi connectivity index (χ1n) is 11.5. The van der Waals surface area contributed by atoms with Crippen LogP contribution in [0, 0.1) is 0 Å². The summed E-state index contributed by atoms with van der Waals surface area (Å²) in [5.41, 5.74) is 8.24. The number of aromatic amines is 1. The van der Waals surface area contributed by atoms with E-state index in [2.05, 4.69) is 65.8 Å². The molecular formula is C23H35Cl3N8. The van der Waals surface area contributed by atoms with Crippen LogP contribution in [0.25, 0.3) is 11.5 Å². The third-order valence-corrected chi connectivity index (χ3v) is 6.57. The molecule has 1 aliphatic carbocycles. The predicted octanol–water partition coefficient (Wildman–Crippen LogP) is 4.33. The lowest BCUT2D eigenvalue weighted by Gasteiger charge is -2.33. The normalized spacial score (nSPS) is 21.1. The van der Waals surface area contributed by atoms with Crippen LogP contribution in [-0.2, 0) is 6.54 Å². The van der Waals surface area contributed by atoms with E-state index in [0.717, 1.165) is 75.6 Å². The molecule has 0 spiro atoms. The number of imidazole rings is 1. The van der Waals surface area contributed by atoms with Crippen LogP contribution in [0.4, 0.5) is 11.8 Å². The van der Waals surface area contributed by atoms with Gasteiger partial charge in [0.25, 0.3) is 0 Å². The van der Waals surface area contributed by atoms with Gasteiger partial charge in [-0.1, -0.05) is 30.3 Å². The van der Waals surface area contributed by atoms with Crippen molar-refractivity contribution in [2.45, 2.75) is 63.2 Å². The molecule has 1 aromatic carbocycles. The number of H-pyrrole nitrogens is 1. The fraction of sp³-hybridized carbons (Fsp3) is 0.522. The van der Waals surface area contributed by atoms with Crippen molar-refractivity contribution in [3.05, 3.63) is 42.2 Å². The Labute approximate surface area is 219 Å². The molecule has 5 rings (SSSR count). The highest BCUT2D eigenvalue weighted by atomic mass is 35.5. The zero-order valence-corrected chi connectivity index (χ0v) is 21.6. The lowest BCUT2D eigenvalue weighted by molar-refractivity contribution is 0.211. The average Bonchev–Trinajstić information content (AvgIpc) is 3.26. The molecule has 0 bridgehead atoms. The third kappa shape index (κ3) is 7.09. The maximum atomic E-state index is 6.05. The van der Waals surface area contributed by atoms with Crippen LogP contribution < -0.4 is 16.4 Å². The van der Waals surface area contributed by atoms with Gasteiger partial charge in [0.2, 0.25) is 5.95 Å². The summed E-state index contributed by atoms with van der Waals surface area (Å²) >= 11 is 0. The van der Waals surface area contributed by atoms with Gasteiger partial charge in [0.1, 0.15) is 17.8 Å². The molecule has 4 aliphatic rings. The summed E-state index contributed by atoms with van der Waals surface area (Å²) in [6.07, 6.45) is 8.05. The van der Waals surface area contributed by atoms with Crippen LogP contribution in [0.3, 0.4) is 0 Å². The number of rotatable bonds is 6. The predicted molar refractivity (Wildman–Crippen MR) is 145 cm³/mol. The number of benzene rings is 1. The summed E-state index contributed by atoms with van der Waals surface area (Å²) in [5, 5.41) is 7.25. The second-order valence-corrected chi connectivity index (χ2v) is 8.94. The van der Waals surface area contributed by atoms with E-state index < -0.39 is 0 Å². The van der Waals surface area contributed by atoms with Crippen molar-refractivity contribution in [2.24, 2.45) is 5.73 Å². The van der Waals surface area contributed by atoms with Crippen molar-refractivity contribution in [3.8, 4) is 11.5 Å². The average molecular weight is 530 g/mol. The van der Waals surface area contributed by atoms with E-state index in [9.17, 15) is 0 Å². The molecule has 5 N–H and O–H groups in total. The molecule has 0 amide bonds. The number of hydrogen-bond acceptors (Lipinski definition) is 7. The SMILES string of the molecule is Cl.Cl.Cl.NC1CCC(Nc2nc3ncnc-3c(NC3CCN(Cc4ccccc4)CC3)[nH]2)CC1. The molecule has 2 fully saturated rings. The van der Waals surface area contributed by atoms with Crippen LogP contribution in [0.2, 0.25) is 0 Å². The number of piperidine rings is 1. The summed E-state index contributed by atoms with van der Waals surface area (Å²) in [5.74, 6) is 2.36. The Morgan fingerprint density at radius 1 is 0.882 bits per heavy atom. The highest BCUT2D eigenvalue weighted by molar-refractivity contribution is 5.86. The van der Waals surface area contributed by atoms with Gasteiger partial charge >= 0.3 is 0 Å². The van der Waals surface area contributed by atoms with E-state index >= 15 is 0 Å². The Morgan fingerprint density at radius 3 is 2.26 bits per heavy atom. The molecule has 1 aromatic rings. The molecule has 8 nitrogen and oxygen atoms in total. The van der Waals surface area contributed by atoms with Crippen molar-refractivity contribution in [3.63, 3.8) is 0 Å². The van der Waals surface area contributed by atoms with Crippen molar-refractivity contribution < 1.29 is 0 Å². The molecule has 1 saturated heterocycles. The van der Waals surface area contributed by atoms with Gasteiger partial charge in [-0.25, -0.2) is 9.97 Å². The quantitative estimate of drug-likeness (QED) is 0.376. The van der Waals surface area contributed by atoms with E-state index in [1.807, 2.05) is 0 Å². The topological polar surface area (TPSA) is 108 Å². The van der Waals surface area contributed by atoms with Gasteiger partial charge in [0.05, 0.1) is 0 Å². The number of nitrogens with zero attached hydrogens (tertiary/aromatic N) is 4. The van der Waals surface area contributed by atoms with E-state index in [-0.39, 0.29) is 37.2 Å². The van der Waals surface area contributed by atoms with Gasteiger partial charge < -0.3 is 21.4 Å². The number of hydrogen-bond donors (Lipinski definition) is 4. The van der Waals surface area contributed by atoms with Crippen LogP contribution in [0.5, 0.6) is 0 Å². The smallest absolute Gasteiger partial charge is 0.204 e. The van der Waals surface area contributed by atoms with Gasteiger partial charge in [0, 0.05) is 37.8 Å². The highest BCUT2D eigenvalue weighted by Gasteiger charge is 2.24. The number of fused-ring (bicyclic) bond motifs is 1. The Hall–Kier alpha value is -1.84. The molecule has 188 valence electrons. The minimum Gasteiger partial charge on any atom is -0.367 e. The second-order valence-electron chi connectivity index (χ2n) is 8.94. The highest BCUT2D eigenvalue weighted by Crippen LogP contribution is 2.28. The lowest BCUT2D eigenvalue weighted by Crippen LogP contribution is -2.39. The van der Waals surface area contributed by atoms with Crippen LogP contribution >= 0.6 is 37.2 Å². The third-order valence-electron chi connectivity index (χ3n) is 6.57. The maximum absolute atomic E-state index is 6.05. The summed E-state index contributed by atoms with van der Waals surface area (Å²) in [6.45, 7) is 3.19. The van der Waals surface area contributed by atoms with Crippen LogP contribution in [0.1, 0.15) is 44.1 Å². The minimum atomic E-state index is 0. The monoisotopic (exact) mass is 528 g/mol. The standard InChI is InChI=1S/C23H32N8.3ClH/c24-17-6-8-18(9-7-17)28-23-29-21-20(25-15-26-21)22(30-23)27-19-10-12-31(13-11-19)14-16-4-2-1-3-5-16;;;/h1-5,15,17-19H,6-14,24H2,(H3,25,26,27,28,29,30);3*1H. The first-order chi connectivity index (χ1) is 15.2. The molecule has 3 heterocycles. The molecule has 34 heavy (non-hydrogen) atoms. The first-order valence-corrected chi connectivity index (χ1v) is 11.5. The number of likely N-dealkylation sites (tertiary alicyclic amines) is 1. The lowest BCUT2D eigenvalue weighted by atomic mass is 9.92. The molecule has 11 heteroatoms. The summed E-state index contributed by atoms with van der Waals surface area (Å²) in [7, 11) is 0. The van der Waals surface area contributed by atoms with E-state index in [1.54, 1.807) is 6.33 Å². The number of nitrogens with one attached hydrogen (secondary N) is 3. The van der Waals surface area contributed by atoms with Crippen molar-refractivity contribution in [1.82, 2.24) is 24.8 Å². The Kier molecular flexibility index (Phi) is 11.1. The Morgan fingerprint density at radius 2 is 1.56 bits per heavy atom. The number of nitrogens with two attached hydrogens (primary N) is 1. The molecule has 0 radical (unpaired) electrons. The zero-order valence-electron chi connectivity index (χ0n) is 19.2. The van der Waals surface area contributed by atoms with E-state index in [4.69, 9.17) is 5.73 Å².